The molecule has 0 unspecified atom stereocenters. The first kappa shape index (κ1) is 20.7. The molecule has 0 atom stereocenters. The van der Waals surface area contributed by atoms with E-state index in [9.17, 15) is 17.6 Å². The molecule has 1 fully saturated rings. The first-order chi connectivity index (χ1) is 13.2. The molecule has 1 saturated heterocycles. The highest BCUT2D eigenvalue weighted by molar-refractivity contribution is 7.89. The molecule has 1 aliphatic heterocycles. The van der Waals surface area contributed by atoms with E-state index in [0.717, 1.165) is 17.1 Å². The van der Waals surface area contributed by atoms with Crippen LogP contribution >= 0.6 is 0 Å². The van der Waals surface area contributed by atoms with Crippen molar-refractivity contribution < 1.29 is 17.6 Å². The second-order valence-corrected chi connectivity index (χ2v) is 9.35. The number of carbonyl (C=O) groups is 1. The van der Waals surface area contributed by atoms with Gasteiger partial charge in [0.05, 0.1) is 12.3 Å². The Kier molecular flexibility index (Phi) is 6.02. The normalized spacial score (nSPS) is 16.4. The van der Waals surface area contributed by atoms with Gasteiger partial charge in [0.2, 0.25) is 10.0 Å². The number of rotatable bonds is 6. The third kappa shape index (κ3) is 4.19. The third-order valence-corrected chi connectivity index (χ3v) is 7.15. The van der Waals surface area contributed by atoms with E-state index < -0.39 is 10.0 Å². The largest absolute Gasteiger partial charge is 0.318 e. The minimum absolute atomic E-state index is 0.00765. The van der Waals surface area contributed by atoms with Gasteiger partial charge >= 0.3 is 0 Å². The number of aromatic nitrogens is 1. The fourth-order valence-corrected chi connectivity index (χ4v) is 4.75. The van der Waals surface area contributed by atoms with Gasteiger partial charge in [-0.15, -0.1) is 0 Å². The predicted molar refractivity (Wildman–Crippen MR) is 107 cm³/mol. The lowest BCUT2D eigenvalue weighted by Crippen LogP contribution is -2.50. The number of aryl methyl sites for hydroxylation is 1. The molecule has 0 aliphatic carbocycles. The highest BCUT2D eigenvalue weighted by Gasteiger charge is 2.27. The molecule has 1 aromatic heterocycles. The first-order valence-corrected chi connectivity index (χ1v) is 11.0. The van der Waals surface area contributed by atoms with Crippen LogP contribution in [-0.2, 0) is 10.0 Å². The third-order valence-electron chi connectivity index (χ3n) is 5.27. The Morgan fingerprint density at radius 3 is 2.25 bits per heavy atom. The van der Waals surface area contributed by atoms with Crippen LogP contribution in [0.3, 0.4) is 0 Å². The molecular weight excluding hydrogens is 381 g/mol. The summed E-state index contributed by atoms with van der Waals surface area (Å²) in [5, 5.41) is 0. The van der Waals surface area contributed by atoms with Crippen molar-refractivity contribution in [1.82, 2.24) is 13.8 Å². The lowest BCUT2D eigenvalue weighted by atomic mass is 10.1. The van der Waals surface area contributed by atoms with Crippen molar-refractivity contribution in [3.05, 3.63) is 53.1 Å². The molecule has 0 saturated carbocycles. The van der Waals surface area contributed by atoms with E-state index in [-0.39, 0.29) is 23.9 Å². The van der Waals surface area contributed by atoms with Gasteiger partial charge < -0.3 is 4.57 Å². The summed E-state index contributed by atoms with van der Waals surface area (Å²) in [6, 6.07) is 8.05. The highest BCUT2D eigenvalue weighted by Crippen LogP contribution is 2.22. The van der Waals surface area contributed by atoms with Crippen LogP contribution in [0.25, 0.3) is 5.69 Å². The predicted octanol–water partition coefficient (Wildman–Crippen LogP) is 2.38. The van der Waals surface area contributed by atoms with Crippen LogP contribution in [-0.4, -0.2) is 66.4 Å². The maximum Gasteiger partial charge on any atom is 0.213 e. The van der Waals surface area contributed by atoms with Crippen LogP contribution in [0, 0.1) is 19.7 Å². The maximum absolute atomic E-state index is 13.2. The van der Waals surface area contributed by atoms with Crippen molar-refractivity contribution in [2.45, 2.75) is 20.8 Å². The number of piperazine rings is 1. The molecular formula is C20H26FN3O3S. The molecule has 6 nitrogen and oxygen atoms in total. The Morgan fingerprint density at radius 1 is 1.07 bits per heavy atom. The Hall–Kier alpha value is -2.03. The van der Waals surface area contributed by atoms with Crippen molar-refractivity contribution in [2.75, 3.05) is 38.5 Å². The number of nitrogens with zero attached hydrogens (tertiary/aromatic N) is 3. The quantitative estimate of drug-likeness (QED) is 0.690. The van der Waals surface area contributed by atoms with Crippen molar-refractivity contribution in [2.24, 2.45) is 0 Å². The van der Waals surface area contributed by atoms with Gasteiger partial charge in [-0.2, -0.15) is 4.31 Å². The van der Waals surface area contributed by atoms with E-state index in [0.29, 0.717) is 31.7 Å². The number of hydrogen-bond donors (Lipinski definition) is 0. The lowest BCUT2D eigenvalue weighted by Gasteiger charge is -2.33. The van der Waals surface area contributed by atoms with Gasteiger partial charge in [-0.25, -0.2) is 12.8 Å². The van der Waals surface area contributed by atoms with E-state index in [4.69, 9.17) is 0 Å². The molecule has 2 aromatic rings. The standard InChI is InChI=1S/C20H26FN3O3S/c1-4-28(26,27)23-11-9-22(10-12-23)14-20(25)19-13-15(2)24(16(19)3)18-7-5-17(21)6-8-18/h5-8,13H,4,9-12,14H2,1-3H3. The minimum Gasteiger partial charge on any atom is -0.318 e. The van der Waals surface area contributed by atoms with Crippen LogP contribution in [0.2, 0.25) is 0 Å². The van der Waals surface area contributed by atoms with Crippen LogP contribution in [0.4, 0.5) is 4.39 Å². The summed E-state index contributed by atoms with van der Waals surface area (Å²) < 4.78 is 40.6. The van der Waals surface area contributed by atoms with Gasteiger partial charge in [0, 0.05) is 48.8 Å². The minimum atomic E-state index is -3.18. The zero-order valence-corrected chi connectivity index (χ0v) is 17.3. The van der Waals surface area contributed by atoms with Gasteiger partial charge in [0.25, 0.3) is 0 Å². The average Bonchev–Trinajstić information content (AvgIpc) is 2.97. The smallest absolute Gasteiger partial charge is 0.213 e. The molecule has 0 N–H and O–H groups in total. The molecule has 0 spiro atoms. The summed E-state index contributed by atoms with van der Waals surface area (Å²) >= 11 is 0. The number of ketones is 1. The molecule has 8 heteroatoms. The number of hydrogen-bond acceptors (Lipinski definition) is 4. The van der Waals surface area contributed by atoms with Gasteiger partial charge in [-0.3, -0.25) is 9.69 Å². The summed E-state index contributed by atoms with van der Waals surface area (Å²) in [5.74, 6) is -0.193. The molecule has 0 bridgehead atoms. The molecule has 1 aliphatic rings. The number of Topliss-reactive ketones (excluding diaryl/α,β-unsaturated/α-hetero) is 1. The molecule has 28 heavy (non-hydrogen) atoms. The average molecular weight is 408 g/mol. The Bertz CT molecular complexity index is 959. The number of carbonyl (C=O) groups excluding carboxylic acids is 1. The Morgan fingerprint density at radius 2 is 1.68 bits per heavy atom. The first-order valence-electron chi connectivity index (χ1n) is 9.41. The van der Waals surface area contributed by atoms with Gasteiger partial charge in [0.1, 0.15) is 5.82 Å². The summed E-state index contributed by atoms with van der Waals surface area (Å²) in [5.41, 5.74) is 3.19. The van der Waals surface area contributed by atoms with Crippen molar-refractivity contribution in [3.63, 3.8) is 0 Å². The molecule has 1 aromatic carbocycles. The van der Waals surface area contributed by atoms with E-state index in [1.165, 1.54) is 16.4 Å². The number of halogens is 1. The topological polar surface area (TPSA) is 62.6 Å². The van der Waals surface area contributed by atoms with Gasteiger partial charge in [-0.05, 0) is 51.1 Å². The summed E-state index contributed by atoms with van der Waals surface area (Å²) in [7, 11) is -3.18. The van der Waals surface area contributed by atoms with Gasteiger partial charge in [0.15, 0.2) is 5.78 Å². The Balaban J connectivity index is 1.71. The molecule has 152 valence electrons. The van der Waals surface area contributed by atoms with Crippen LogP contribution in [0.5, 0.6) is 0 Å². The Labute approximate surface area is 165 Å². The number of sulfonamides is 1. The molecule has 3 rings (SSSR count). The van der Waals surface area contributed by atoms with Crippen molar-refractivity contribution in [1.29, 1.82) is 0 Å². The second kappa shape index (κ2) is 8.14. The fraction of sp³-hybridized carbons (Fsp3) is 0.450. The summed E-state index contributed by atoms with van der Waals surface area (Å²) in [4.78, 5) is 14.9. The summed E-state index contributed by atoms with van der Waals surface area (Å²) in [6.45, 7) is 7.62. The van der Waals surface area contributed by atoms with E-state index in [1.54, 1.807) is 19.1 Å². The molecule has 0 amide bonds. The summed E-state index contributed by atoms with van der Waals surface area (Å²) in [6.07, 6.45) is 0. The maximum atomic E-state index is 13.2. The van der Waals surface area contributed by atoms with Crippen LogP contribution in [0.1, 0.15) is 28.7 Å². The van der Waals surface area contributed by atoms with Crippen LogP contribution in [0.15, 0.2) is 30.3 Å². The lowest BCUT2D eigenvalue weighted by molar-refractivity contribution is 0.0901. The zero-order chi connectivity index (χ0) is 20.5. The second-order valence-electron chi connectivity index (χ2n) is 7.10. The van der Waals surface area contributed by atoms with Crippen LogP contribution < -0.4 is 0 Å². The molecule has 0 radical (unpaired) electrons. The molecule has 2 heterocycles. The van der Waals surface area contributed by atoms with E-state index >= 15 is 0 Å². The van der Waals surface area contributed by atoms with Gasteiger partial charge in [-0.1, -0.05) is 0 Å². The zero-order valence-electron chi connectivity index (χ0n) is 16.5. The number of benzene rings is 1. The SMILES string of the molecule is CCS(=O)(=O)N1CCN(CC(=O)c2cc(C)n(-c3ccc(F)cc3)c2C)CC1. The fourth-order valence-electron chi connectivity index (χ4n) is 3.67. The van der Waals surface area contributed by atoms with Crippen molar-refractivity contribution in [3.8, 4) is 5.69 Å². The monoisotopic (exact) mass is 407 g/mol. The highest BCUT2D eigenvalue weighted by atomic mass is 32.2. The van der Waals surface area contributed by atoms with E-state index in [1.807, 2.05) is 29.4 Å². The van der Waals surface area contributed by atoms with E-state index in [2.05, 4.69) is 0 Å². The van der Waals surface area contributed by atoms with Crippen molar-refractivity contribution >= 4 is 15.8 Å².